The van der Waals surface area contributed by atoms with Gasteiger partial charge in [-0.15, -0.1) is 0 Å². The van der Waals surface area contributed by atoms with Crippen LogP contribution in [0.1, 0.15) is 85.8 Å². The molecule has 5 aliphatic rings. The number of hydrogen-bond acceptors (Lipinski definition) is 6. The van der Waals surface area contributed by atoms with E-state index in [2.05, 4.69) is 23.6 Å². The van der Waals surface area contributed by atoms with E-state index in [0.717, 1.165) is 98.1 Å². The molecule has 3 aliphatic carbocycles. The van der Waals surface area contributed by atoms with E-state index in [9.17, 15) is 20.4 Å². The number of aromatic hydroxyl groups is 4. The molecule has 4 N–H and O–H groups in total. The van der Waals surface area contributed by atoms with Crippen LogP contribution in [0, 0.1) is 0 Å². The van der Waals surface area contributed by atoms with E-state index in [1.165, 1.54) is 0 Å². The Kier molecular flexibility index (Phi) is 4.88. The highest BCUT2D eigenvalue weighted by molar-refractivity contribution is 5.72. The van der Waals surface area contributed by atoms with Crippen LogP contribution in [0.15, 0.2) is 12.1 Å². The van der Waals surface area contributed by atoms with Crippen molar-refractivity contribution in [3.63, 3.8) is 0 Å². The number of phenols is 4. The number of likely N-dealkylation sites (tertiary alicyclic amines) is 2. The minimum Gasteiger partial charge on any atom is -0.504 e. The van der Waals surface area contributed by atoms with Gasteiger partial charge in [-0.25, -0.2) is 0 Å². The molecular formula is C28H36N2O4. The van der Waals surface area contributed by atoms with Crippen molar-refractivity contribution in [2.24, 2.45) is 0 Å². The minimum atomic E-state index is -0.409. The van der Waals surface area contributed by atoms with Crippen molar-refractivity contribution in [1.29, 1.82) is 0 Å². The second kappa shape index (κ2) is 7.53. The van der Waals surface area contributed by atoms with E-state index in [4.69, 9.17) is 0 Å². The van der Waals surface area contributed by atoms with Gasteiger partial charge in [-0.1, -0.05) is 13.8 Å². The first kappa shape index (κ1) is 22.1. The van der Waals surface area contributed by atoms with Gasteiger partial charge in [0, 0.05) is 35.0 Å². The second-order valence-corrected chi connectivity index (χ2v) is 11.4. The highest BCUT2D eigenvalue weighted by Gasteiger charge is 2.55. The van der Waals surface area contributed by atoms with Crippen molar-refractivity contribution >= 4 is 0 Å². The van der Waals surface area contributed by atoms with Crippen LogP contribution >= 0.6 is 0 Å². The van der Waals surface area contributed by atoms with E-state index in [1.54, 1.807) is 12.1 Å². The molecule has 0 saturated carbocycles. The molecule has 182 valence electrons. The van der Waals surface area contributed by atoms with Crippen molar-refractivity contribution in [2.75, 3.05) is 26.2 Å². The number of rotatable bonds is 4. The van der Waals surface area contributed by atoms with Gasteiger partial charge in [-0.05, 0) is 99.1 Å². The molecule has 2 atom stereocenters. The smallest absolute Gasteiger partial charge is 0.162 e. The average Bonchev–Trinajstić information content (AvgIpc) is 3.51. The zero-order valence-electron chi connectivity index (χ0n) is 20.3. The summed E-state index contributed by atoms with van der Waals surface area (Å²) in [6, 6.07) is 3.53. The van der Waals surface area contributed by atoms with Crippen LogP contribution in [0.2, 0.25) is 0 Å². The fourth-order valence-electron chi connectivity index (χ4n) is 7.48. The Hall–Kier alpha value is -2.44. The number of fused-ring (bicyclic) bond motifs is 1. The maximum absolute atomic E-state index is 11.1. The molecule has 0 amide bonds. The maximum atomic E-state index is 11.1. The summed E-state index contributed by atoms with van der Waals surface area (Å²) in [5, 5.41) is 43.8. The van der Waals surface area contributed by atoms with Gasteiger partial charge in [0.05, 0.1) is 0 Å². The lowest BCUT2D eigenvalue weighted by atomic mass is 9.48. The molecule has 2 aromatic rings. The number of hydrogen-bond donors (Lipinski definition) is 4. The largest absolute Gasteiger partial charge is 0.504 e. The molecule has 7 rings (SSSR count). The summed E-state index contributed by atoms with van der Waals surface area (Å²) in [6.45, 7) is 9.67. The summed E-state index contributed by atoms with van der Waals surface area (Å²) in [5.74, 6) is -0.137. The fourth-order valence-corrected chi connectivity index (χ4v) is 7.48. The lowest BCUT2D eigenvalue weighted by molar-refractivity contribution is 0.279. The van der Waals surface area contributed by atoms with Gasteiger partial charge in [0.2, 0.25) is 0 Å². The van der Waals surface area contributed by atoms with E-state index >= 15 is 0 Å². The minimum absolute atomic E-state index is 0.00938. The summed E-state index contributed by atoms with van der Waals surface area (Å²) in [6.07, 6.45) is 6.43. The SMILES string of the molecule is CC12CCC(C)(c3cc(O)c(O)c(CN4CCCC4)c31)c1c2cc(O)c(O)c1CN1CCCC1. The summed E-state index contributed by atoms with van der Waals surface area (Å²) < 4.78 is 0. The van der Waals surface area contributed by atoms with Crippen molar-refractivity contribution < 1.29 is 20.4 Å². The molecule has 2 saturated heterocycles. The lowest BCUT2D eigenvalue weighted by Gasteiger charge is -2.55. The topological polar surface area (TPSA) is 87.4 Å². The molecule has 2 heterocycles. The Morgan fingerprint density at radius 2 is 1.00 bits per heavy atom. The molecule has 2 bridgehead atoms. The second-order valence-electron chi connectivity index (χ2n) is 11.4. The van der Waals surface area contributed by atoms with Crippen molar-refractivity contribution in [3.05, 3.63) is 45.5 Å². The first-order chi connectivity index (χ1) is 16.2. The predicted molar refractivity (Wildman–Crippen MR) is 131 cm³/mol. The van der Waals surface area contributed by atoms with Crippen LogP contribution in [0.3, 0.4) is 0 Å². The van der Waals surface area contributed by atoms with Crippen LogP contribution in [-0.4, -0.2) is 56.4 Å². The Morgan fingerprint density at radius 1 is 0.647 bits per heavy atom. The van der Waals surface area contributed by atoms with Gasteiger partial charge >= 0.3 is 0 Å². The third kappa shape index (κ3) is 2.94. The summed E-state index contributed by atoms with van der Waals surface area (Å²) >= 11 is 0. The van der Waals surface area contributed by atoms with Crippen LogP contribution in [0.25, 0.3) is 0 Å². The summed E-state index contributed by atoms with van der Waals surface area (Å²) in [5.41, 5.74) is 5.16. The van der Waals surface area contributed by atoms with E-state index in [1.807, 2.05) is 0 Å². The van der Waals surface area contributed by atoms with Gasteiger partial charge in [0.25, 0.3) is 0 Å². The summed E-state index contributed by atoms with van der Waals surface area (Å²) in [7, 11) is 0. The standard InChI is InChI=1S/C28H36N2O4/c1-27-7-8-28(2,20-14-22(32)25(33)17(23(20)27)15-29-9-3-4-10-29)24-18(16-30-11-5-6-12-30)26(34)21(31)13-19(24)27/h13-14,31-34H,3-12,15-16H2,1-2H3. The Labute approximate surface area is 201 Å². The zero-order chi connectivity index (χ0) is 23.8. The molecular weight excluding hydrogens is 428 g/mol. The third-order valence-electron chi connectivity index (χ3n) is 9.34. The molecule has 6 heteroatoms. The number of benzene rings is 2. The van der Waals surface area contributed by atoms with Gasteiger partial charge < -0.3 is 20.4 Å². The first-order valence-electron chi connectivity index (χ1n) is 12.9. The van der Waals surface area contributed by atoms with E-state index in [0.29, 0.717) is 13.1 Å². The Bertz CT molecular complexity index is 1070. The molecule has 0 spiro atoms. The molecule has 0 aromatic heterocycles. The number of nitrogens with zero attached hydrogens (tertiary/aromatic N) is 2. The van der Waals surface area contributed by atoms with Crippen molar-refractivity contribution in [2.45, 2.75) is 76.3 Å². The van der Waals surface area contributed by atoms with Gasteiger partial charge in [-0.3, -0.25) is 9.80 Å². The van der Waals surface area contributed by atoms with Gasteiger partial charge in [-0.2, -0.15) is 0 Å². The molecule has 0 radical (unpaired) electrons. The highest BCUT2D eigenvalue weighted by Crippen LogP contribution is 2.64. The van der Waals surface area contributed by atoms with Crippen LogP contribution in [-0.2, 0) is 23.9 Å². The highest BCUT2D eigenvalue weighted by atomic mass is 16.3. The zero-order valence-corrected chi connectivity index (χ0v) is 20.3. The normalized spacial score (nSPS) is 28.4. The number of phenolic OH excluding ortho intramolecular Hbond substituents is 4. The van der Waals surface area contributed by atoms with Crippen LogP contribution in [0.4, 0.5) is 0 Å². The van der Waals surface area contributed by atoms with Gasteiger partial charge in [0.15, 0.2) is 23.0 Å². The molecule has 2 fully saturated rings. The van der Waals surface area contributed by atoms with Crippen LogP contribution < -0.4 is 0 Å². The third-order valence-corrected chi connectivity index (χ3v) is 9.34. The first-order valence-corrected chi connectivity index (χ1v) is 12.9. The predicted octanol–water partition coefficient (Wildman–Crippen LogP) is 4.42. The molecule has 2 aromatic carbocycles. The van der Waals surface area contributed by atoms with Crippen molar-refractivity contribution in [3.8, 4) is 23.0 Å². The molecule has 34 heavy (non-hydrogen) atoms. The molecule has 2 aliphatic heterocycles. The van der Waals surface area contributed by atoms with Crippen molar-refractivity contribution in [1.82, 2.24) is 9.80 Å². The van der Waals surface area contributed by atoms with Gasteiger partial charge in [0.1, 0.15) is 0 Å². The maximum Gasteiger partial charge on any atom is 0.162 e. The lowest BCUT2D eigenvalue weighted by Crippen LogP contribution is -2.48. The average molecular weight is 465 g/mol. The fraction of sp³-hybridized carbons (Fsp3) is 0.571. The molecule has 6 nitrogen and oxygen atoms in total. The monoisotopic (exact) mass is 464 g/mol. The Morgan fingerprint density at radius 3 is 1.35 bits per heavy atom. The Balaban J connectivity index is 1.59. The van der Waals surface area contributed by atoms with Crippen LogP contribution in [0.5, 0.6) is 23.0 Å². The summed E-state index contributed by atoms with van der Waals surface area (Å²) in [4.78, 5) is 4.72. The molecule has 2 unspecified atom stereocenters. The quantitative estimate of drug-likeness (QED) is 0.501. The van der Waals surface area contributed by atoms with E-state index in [-0.39, 0.29) is 23.0 Å². The van der Waals surface area contributed by atoms with E-state index < -0.39 is 10.8 Å².